The molecule has 3 heteroatoms. The molecule has 0 aliphatic carbocycles. The van der Waals surface area contributed by atoms with Crippen LogP contribution in [0, 0.1) is 19.8 Å². The molecule has 0 radical (unpaired) electrons. The van der Waals surface area contributed by atoms with Crippen molar-refractivity contribution in [2.45, 2.75) is 40.5 Å². The lowest BCUT2D eigenvalue weighted by atomic mass is 10.0. The molecule has 2 rings (SSSR count). The maximum Gasteiger partial charge on any atom is 0.274 e. The van der Waals surface area contributed by atoms with Crippen LogP contribution >= 0.6 is 0 Å². The molecule has 0 unspecified atom stereocenters. The summed E-state index contributed by atoms with van der Waals surface area (Å²) in [4.78, 5) is 12.5. The van der Waals surface area contributed by atoms with E-state index in [0.717, 1.165) is 35.3 Å². The quantitative estimate of drug-likeness (QED) is 0.897. The van der Waals surface area contributed by atoms with Gasteiger partial charge in [-0.2, -0.15) is 0 Å². The van der Waals surface area contributed by atoms with Gasteiger partial charge in [0.15, 0.2) is 0 Å². The van der Waals surface area contributed by atoms with E-state index in [0.29, 0.717) is 5.92 Å². The number of aromatic nitrogens is 2. The Morgan fingerprint density at radius 3 is 2.53 bits per heavy atom. The van der Waals surface area contributed by atoms with Gasteiger partial charge < -0.3 is 0 Å². The number of aryl methyl sites for hydroxylation is 2. The van der Waals surface area contributed by atoms with Gasteiger partial charge in [0.1, 0.15) is 0 Å². The smallest absolute Gasteiger partial charge is 0.274 e. The first-order valence-electron chi connectivity index (χ1n) is 6.87. The lowest BCUT2D eigenvalue weighted by Crippen LogP contribution is -2.18. The second kappa shape index (κ2) is 5.47. The lowest BCUT2D eigenvalue weighted by molar-refractivity contribution is 0.584. The molecule has 0 aliphatic rings. The van der Waals surface area contributed by atoms with E-state index in [2.05, 4.69) is 18.9 Å². The summed E-state index contributed by atoms with van der Waals surface area (Å²) in [5.41, 5.74) is 4.02. The van der Waals surface area contributed by atoms with E-state index in [4.69, 9.17) is 0 Å². The molecular weight excluding hydrogens is 236 g/mol. The summed E-state index contributed by atoms with van der Waals surface area (Å²) < 4.78 is 1.67. The van der Waals surface area contributed by atoms with Crippen molar-refractivity contribution in [2.75, 3.05) is 0 Å². The first-order chi connectivity index (χ1) is 9.00. The van der Waals surface area contributed by atoms with Gasteiger partial charge in [-0.1, -0.05) is 32.0 Å². The highest BCUT2D eigenvalue weighted by Gasteiger charge is 2.13. The molecule has 0 saturated heterocycles. The average Bonchev–Trinajstić information content (AvgIpc) is 2.63. The summed E-state index contributed by atoms with van der Waals surface area (Å²) >= 11 is 0. The fourth-order valence-electron chi connectivity index (χ4n) is 2.29. The predicted molar refractivity (Wildman–Crippen MR) is 79.0 cm³/mol. The number of hydrogen-bond acceptors (Lipinski definition) is 1. The van der Waals surface area contributed by atoms with E-state index in [1.165, 1.54) is 0 Å². The van der Waals surface area contributed by atoms with E-state index in [1.807, 2.05) is 38.1 Å². The molecule has 2 aromatic rings. The predicted octanol–water partition coefficient (Wildman–Crippen LogP) is 3.37. The van der Waals surface area contributed by atoms with Crippen LogP contribution in [0.3, 0.4) is 0 Å². The Hall–Kier alpha value is -1.77. The summed E-state index contributed by atoms with van der Waals surface area (Å²) in [6.45, 7) is 8.36. The van der Waals surface area contributed by atoms with Gasteiger partial charge in [-0.05, 0) is 44.2 Å². The molecule has 0 spiro atoms. The van der Waals surface area contributed by atoms with Gasteiger partial charge in [0.25, 0.3) is 5.56 Å². The molecule has 1 N–H and O–H groups in total. The summed E-state index contributed by atoms with van der Waals surface area (Å²) in [6, 6.07) is 7.93. The Bertz CT molecular complexity index is 620. The molecule has 0 atom stereocenters. The second-order valence-corrected chi connectivity index (χ2v) is 5.57. The molecule has 0 amide bonds. The maximum absolute atomic E-state index is 12.5. The normalized spacial score (nSPS) is 11.2. The summed E-state index contributed by atoms with van der Waals surface area (Å²) in [7, 11) is 0. The highest BCUT2D eigenvalue weighted by molar-refractivity contribution is 5.40. The third-order valence-corrected chi connectivity index (χ3v) is 3.52. The van der Waals surface area contributed by atoms with Crippen LogP contribution < -0.4 is 5.56 Å². The van der Waals surface area contributed by atoms with Crippen molar-refractivity contribution in [3.8, 4) is 5.69 Å². The van der Waals surface area contributed by atoms with Crippen molar-refractivity contribution in [3.63, 3.8) is 0 Å². The topological polar surface area (TPSA) is 37.8 Å². The van der Waals surface area contributed by atoms with Crippen molar-refractivity contribution in [3.05, 3.63) is 51.4 Å². The molecule has 0 aliphatic heterocycles. The third kappa shape index (κ3) is 2.80. The molecular formula is C16H22N2O. The van der Waals surface area contributed by atoms with Crippen LogP contribution in [0.25, 0.3) is 5.69 Å². The second-order valence-electron chi connectivity index (χ2n) is 5.57. The molecule has 1 heterocycles. The van der Waals surface area contributed by atoms with Crippen LogP contribution in [0.5, 0.6) is 0 Å². The maximum atomic E-state index is 12.5. The van der Waals surface area contributed by atoms with Crippen LogP contribution in [-0.2, 0) is 6.42 Å². The number of para-hydroxylation sites is 1. The van der Waals surface area contributed by atoms with Crippen LogP contribution in [0.15, 0.2) is 29.1 Å². The Morgan fingerprint density at radius 1 is 1.21 bits per heavy atom. The molecule has 19 heavy (non-hydrogen) atoms. The van der Waals surface area contributed by atoms with Gasteiger partial charge in [0.2, 0.25) is 0 Å². The van der Waals surface area contributed by atoms with E-state index in [9.17, 15) is 4.79 Å². The zero-order valence-electron chi connectivity index (χ0n) is 12.2. The van der Waals surface area contributed by atoms with Crippen molar-refractivity contribution >= 4 is 0 Å². The summed E-state index contributed by atoms with van der Waals surface area (Å²) in [6.07, 6.45) is 1.89. The standard InChI is InChI=1S/C16H22N2O/c1-11(2)9-10-14-13(4)17-18(16(14)19)15-8-6-5-7-12(15)3/h5-8,11,17H,9-10H2,1-4H3. The fraction of sp³-hybridized carbons (Fsp3) is 0.438. The summed E-state index contributed by atoms with van der Waals surface area (Å²) in [5, 5.41) is 3.20. The van der Waals surface area contributed by atoms with Gasteiger partial charge >= 0.3 is 0 Å². The van der Waals surface area contributed by atoms with Crippen LogP contribution in [0.2, 0.25) is 0 Å². The van der Waals surface area contributed by atoms with Gasteiger partial charge in [-0.15, -0.1) is 0 Å². The largest absolute Gasteiger partial charge is 0.295 e. The third-order valence-electron chi connectivity index (χ3n) is 3.52. The number of nitrogens with zero attached hydrogens (tertiary/aromatic N) is 1. The minimum absolute atomic E-state index is 0.0902. The number of H-pyrrole nitrogens is 1. The summed E-state index contributed by atoms with van der Waals surface area (Å²) in [5.74, 6) is 0.612. The van der Waals surface area contributed by atoms with Gasteiger partial charge in [0, 0.05) is 11.3 Å². The number of hydrogen-bond donors (Lipinski definition) is 1. The molecule has 0 fully saturated rings. The van der Waals surface area contributed by atoms with Crippen LogP contribution in [-0.4, -0.2) is 9.78 Å². The van der Waals surface area contributed by atoms with E-state index in [1.54, 1.807) is 4.68 Å². The van der Waals surface area contributed by atoms with E-state index in [-0.39, 0.29) is 5.56 Å². The SMILES string of the molecule is Cc1ccccc1-n1[nH]c(C)c(CCC(C)C)c1=O. The van der Waals surface area contributed by atoms with E-state index >= 15 is 0 Å². The Labute approximate surface area is 114 Å². The lowest BCUT2D eigenvalue weighted by Gasteiger charge is -2.05. The minimum Gasteiger partial charge on any atom is -0.295 e. The molecule has 1 aromatic heterocycles. The number of benzene rings is 1. The average molecular weight is 258 g/mol. The van der Waals surface area contributed by atoms with Crippen LogP contribution in [0.1, 0.15) is 37.1 Å². The highest BCUT2D eigenvalue weighted by Crippen LogP contribution is 2.14. The molecule has 102 valence electrons. The highest BCUT2D eigenvalue weighted by atomic mass is 16.1. The zero-order chi connectivity index (χ0) is 14.0. The number of rotatable bonds is 4. The molecule has 0 bridgehead atoms. The van der Waals surface area contributed by atoms with Crippen molar-refractivity contribution in [1.29, 1.82) is 0 Å². The number of nitrogens with one attached hydrogen (secondary N) is 1. The fourth-order valence-corrected chi connectivity index (χ4v) is 2.29. The van der Waals surface area contributed by atoms with Gasteiger partial charge in [0.05, 0.1) is 5.69 Å². The van der Waals surface area contributed by atoms with Gasteiger partial charge in [-0.3, -0.25) is 9.89 Å². The van der Waals surface area contributed by atoms with Crippen molar-refractivity contribution in [2.24, 2.45) is 5.92 Å². The number of aromatic amines is 1. The Kier molecular flexibility index (Phi) is 3.93. The zero-order valence-corrected chi connectivity index (χ0v) is 12.2. The van der Waals surface area contributed by atoms with Crippen molar-refractivity contribution < 1.29 is 0 Å². The molecule has 1 aromatic carbocycles. The Balaban J connectivity index is 2.42. The Morgan fingerprint density at radius 2 is 1.89 bits per heavy atom. The first-order valence-corrected chi connectivity index (χ1v) is 6.87. The van der Waals surface area contributed by atoms with Gasteiger partial charge in [-0.25, -0.2) is 4.68 Å². The van der Waals surface area contributed by atoms with Crippen LogP contribution in [0.4, 0.5) is 0 Å². The minimum atomic E-state index is 0.0902. The molecule has 0 saturated carbocycles. The monoisotopic (exact) mass is 258 g/mol. The van der Waals surface area contributed by atoms with E-state index < -0.39 is 0 Å². The molecule has 3 nitrogen and oxygen atoms in total. The van der Waals surface area contributed by atoms with Crippen molar-refractivity contribution in [1.82, 2.24) is 9.78 Å². The first kappa shape index (κ1) is 13.7.